The molecule has 5 atom stereocenters. The minimum atomic E-state index is -1.60. The van der Waals surface area contributed by atoms with Crippen LogP contribution in [0.4, 0.5) is 0 Å². The zero-order valence-corrected chi connectivity index (χ0v) is 18.6. The van der Waals surface area contributed by atoms with Gasteiger partial charge in [0.2, 0.25) is 23.6 Å². The van der Waals surface area contributed by atoms with E-state index >= 15 is 0 Å². The van der Waals surface area contributed by atoms with Crippen LogP contribution in [0.3, 0.4) is 0 Å². The molecule has 0 saturated carbocycles. The molecule has 1 aromatic rings. The lowest BCUT2D eigenvalue weighted by atomic mass is 10.0. The van der Waals surface area contributed by atoms with E-state index in [1.807, 2.05) is 0 Å². The van der Waals surface area contributed by atoms with Gasteiger partial charge in [-0.25, -0.2) is 4.79 Å². The van der Waals surface area contributed by atoms with Crippen LogP contribution in [0.2, 0.25) is 0 Å². The van der Waals surface area contributed by atoms with E-state index in [0.717, 1.165) is 0 Å². The van der Waals surface area contributed by atoms with Gasteiger partial charge in [0, 0.05) is 12.8 Å². The summed E-state index contributed by atoms with van der Waals surface area (Å²) in [5, 5.41) is 34.7. The van der Waals surface area contributed by atoms with Crippen molar-refractivity contribution in [3.63, 3.8) is 0 Å². The molecular formula is C21H31N5O8. The number of carbonyl (C=O) groups is 5. The van der Waals surface area contributed by atoms with E-state index in [9.17, 15) is 34.2 Å². The van der Waals surface area contributed by atoms with Gasteiger partial charge in [0.25, 0.3) is 0 Å². The number of aliphatic hydroxyl groups is 2. The highest BCUT2D eigenvalue weighted by Crippen LogP contribution is 2.06. The Balaban J connectivity index is 3.11. The van der Waals surface area contributed by atoms with E-state index in [-0.39, 0.29) is 19.3 Å². The van der Waals surface area contributed by atoms with Crippen molar-refractivity contribution in [2.24, 2.45) is 11.5 Å². The topological polar surface area (TPSA) is 234 Å². The van der Waals surface area contributed by atoms with E-state index in [4.69, 9.17) is 16.6 Å². The molecule has 0 fully saturated rings. The highest BCUT2D eigenvalue weighted by molar-refractivity contribution is 5.94. The van der Waals surface area contributed by atoms with Crippen molar-refractivity contribution >= 4 is 29.6 Å². The van der Waals surface area contributed by atoms with Crippen molar-refractivity contribution in [3.8, 4) is 0 Å². The Bertz CT molecular complexity index is 864. The Morgan fingerprint density at radius 2 is 1.44 bits per heavy atom. The number of carboxylic acids is 1. The van der Waals surface area contributed by atoms with Gasteiger partial charge >= 0.3 is 5.97 Å². The fourth-order valence-corrected chi connectivity index (χ4v) is 2.83. The average Bonchev–Trinajstić information content (AvgIpc) is 2.78. The number of nitrogens with one attached hydrogen (secondary N) is 3. The van der Waals surface area contributed by atoms with Gasteiger partial charge in [-0.2, -0.15) is 0 Å². The number of hydrogen-bond donors (Lipinski definition) is 8. The Morgan fingerprint density at radius 1 is 0.912 bits per heavy atom. The fourth-order valence-electron chi connectivity index (χ4n) is 2.83. The summed E-state index contributed by atoms with van der Waals surface area (Å²) in [7, 11) is 0. The van der Waals surface area contributed by atoms with Crippen LogP contribution in [0.15, 0.2) is 30.3 Å². The summed E-state index contributed by atoms with van der Waals surface area (Å²) in [6.07, 6.45) is -1.75. The first-order chi connectivity index (χ1) is 16.0. The van der Waals surface area contributed by atoms with Crippen molar-refractivity contribution in [1.82, 2.24) is 16.0 Å². The molecule has 0 aliphatic carbocycles. The number of amides is 4. The quantitative estimate of drug-likeness (QED) is 0.133. The van der Waals surface area contributed by atoms with Crippen LogP contribution in [-0.2, 0) is 30.4 Å². The second-order valence-electron chi connectivity index (χ2n) is 7.67. The number of aliphatic carboxylic acids is 1. The number of benzene rings is 1. The molecule has 1 rings (SSSR count). The number of carboxylic acid groups (broad SMARTS) is 1. The second-order valence-corrected chi connectivity index (χ2v) is 7.67. The fraction of sp³-hybridized carbons (Fsp3) is 0.476. The maximum Gasteiger partial charge on any atom is 0.328 e. The number of primary amides is 1. The van der Waals surface area contributed by atoms with Crippen LogP contribution in [0.25, 0.3) is 0 Å². The molecule has 0 bridgehead atoms. The van der Waals surface area contributed by atoms with Gasteiger partial charge in [-0.1, -0.05) is 30.3 Å². The van der Waals surface area contributed by atoms with Gasteiger partial charge < -0.3 is 42.7 Å². The Hall–Kier alpha value is -3.55. The van der Waals surface area contributed by atoms with Crippen LogP contribution in [0.5, 0.6) is 0 Å². The normalized spacial score (nSPS) is 15.2. The first kappa shape index (κ1) is 28.5. The highest BCUT2D eigenvalue weighted by Gasteiger charge is 2.31. The van der Waals surface area contributed by atoms with Gasteiger partial charge in [-0.15, -0.1) is 0 Å². The smallest absolute Gasteiger partial charge is 0.328 e. The highest BCUT2D eigenvalue weighted by atomic mass is 16.4. The van der Waals surface area contributed by atoms with Crippen LogP contribution in [0, 0.1) is 0 Å². The Morgan fingerprint density at radius 3 is 1.94 bits per heavy atom. The molecule has 0 radical (unpaired) electrons. The minimum Gasteiger partial charge on any atom is -0.480 e. The minimum absolute atomic E-state index is 0.0418. The molecule has 4 amide bonds. The van der Waals surface area contributed by atoms with Gasteiger partial charge in [-0.3, -0.25) is 19.2 Å². The van der Waals surface area contributed by atoms with Gasteiger partial charge in [0.05, 0.1) is 12.7 Å². The van der Waals surface area contributed by atoms with Gasteiger partial charge in [0.15, 0.2) is 0 Å². The van der Waals surface area contributed by atoms with Crippen LogP contribution in [-0.4, -0.2) is 81.8 Å². The number of hydrogen-bond acceptors (Lipinski definition) is 8. The predicted octanol–water partition coefficient (Wildman–Crippen LogP) is -3.27. The Kier molecular flexibility index (Phi) is 11.6. The molecule has 13 heteroatoms. The van der Waals surface area contributed by atoms with E-state index in [2.05, 4.69) is 16.0 Å². The van der Waals surface area contributed by atoms with Crippen molar-refractivity contribution in [2.75, 3.05) is 6.61 Å². The summed E-state index contributed by atoms with van der Waals surface area (Å²) < 4.78 is 0. The molecule has 0 saturated heterocycles. The summed E-state index contributed by atoms with van der Waals surface area (Å²) in [5.74, 6) is -4.83. The summed E-state index contributed by atoms with van der Waals surface area (Å²) in [6.45, 7) is 0.407. The number of nitrogens with two attached hydrogens (primary N) is 2. The molecule has 0 spiro atoms. The van der Waals surface area contributed by atoms with Gasteiger partial charge in [0.1, 0.15) is 24.2 Å². The summed E-state index contributed by atoms with van der Waals surface area (Å²) in [6, 6.07) is 2.93. The van der Waals surface area contributed by atoms with E-state index in [1.54, 1.807) is 30.3 Å². The molecule has 34 heavy (non-hydrogen) atoms. The summed E-state index contributed by atoms with van der Waals surface area (Å²) in [5.41, 5.74) is 11.4. The number of aliphatic hydroxyl groups excluding tert-OH is 2. The first-order valence-corrected chi connectivity index (χ1v) is 10.5. The third-order valence-electron chi connectivity index (χ3n) is 4.85. The SMILES string of the molecule is CC(O)C(N)C(=O)NC(CCC(N)=O)C(=O)NC(Cc1ccccc1)C(=O)NC(CO)C(=O)O. The summed E-state index contributed by atoms with van der Waals surface area (Å²) >= 11 is 0. The summed E-state index contributed by atoms with van der Waals surface area (Å²) in [4.78, 5) is 60.3. The molecule has 10 N–H and O–H groups in total. The molecule has 0 aliphatic rings. The lowest BCUT2D eigenvalue weighted by Gasteiger charge is -2.25. The molecule has 188 valence electrons. The van der Waals surface area contributed by atoms with Crippen LogP contribution < -0.4 is 27.4 Å². The third kappa shape index (κ3) is 9.52. The zero-order valence-electron chi connectivity index (χ0n) is 18.6. The van der Waals surface area contributed by atoms with Crippen molar-refractivity contribution in [3.05, 3.63) is 35.9 Å². The maximum atomic E-state index is 13.0. The number of rotatable bonds is 14. The van der Waals surface area contributed by atoms with Gasteiger partial charge in [-0.05, 0) is 18.9 Å². The molecule has 1 aromatic carbocycles. The van der Waals surface area contributed by atoms with E-state index in [0.29, 0.717) is 5.56 Å². The molecule has 0 heterocycles. The second kappa shape index (κ2) is 13.9. The lowest BCUT2D eigenvalue weighted by Crippen LogP contribution is -2.58. The van der Waals surface area contributed by atoms with E-state index in [1.165, 1.54) is 6.92 Å². The third-order valence-corrected chi connectivity index (χ3v) is 4.85. The van der Waals surface area contributed by atoms with Crippen LogP contribution in [0.1, 0.15) is 25.3 Å². The molecule has 0 aromatic heterocycles. The zero-order chi connectivity index (χ0) is 25.8. The van der Waals surface area contributed by atoms with Crippen molar-refractivity contribution in [2.45, 2.75) is 56.5 Å². The molecule has 0 aliphatic heterocycles. The number of carbonyl (C=O) groups excluding carboxylic acids is 4. The monoisotopic (exact) mass is 481 g/mol. The van der Waals surface area contributed by atoms with Crippen molar-refractivity contribution in [1.29, 1.82) is 0 Å². The molecule has 13 nitrogen and oxygen atoms in total. The van der Waals surface area contributed by atoms with E-state index < -0.39 is 66.5 Å². The van der Waals surface area contributed by atoms with Crippen molar-refractivity contribution < 1.29 is 39.3 Å². The van der Waals surface area contributed by atoms with Crippen LogP contribution >= 0.6 is 0 Å². The first-order valence-electron chi connectivity index (χ1n) is 10.5. The standard InChI is InChI=1S/C21H31N5O8/c1-11(28)17(23)20(32)24-13(7-8-16(22)29)18(30)25-14(9-12-5-3-2-4-6-12)19(31)26-15(10-27)21(33)34/h2-6,11,13-15,17,27-28H,7-10,23H2,1H3,(H2,22,29)(H,24,32)(H,25,30)(H,26,31)(H,33,34). The lowest BCUT2D eigenvalue weighted by molar-refractivity contribution is -0.143. The average molecular weight is 482 g/mol. The molecule has 5 unspecified atom stereocenters. The Labute approximate surface area is 195 Å². The predicted molar refractivity (Wildman–Crippen MR) is 119 cm³/mol. The largest absolute Gasteiger partial charge is 0.480 e. The maximum absolute atomic E-state index is 13.0. The molecular weight excluding hydrogens is 450 g/mol.